The highest BCUT2D eigenvalue weighted by molar-refractivity contribution is 8.01. The van der Waals surface area contributed by atoms with E-state index in [-0.39, 0.29) is 36.2 Å². The number of anilines is 2. The van der Waals surface area contributed by atoms with Gasteiger partial charge in [0.1, 0.15) is 5.92 Å². The van der Waals surface area contributed by atoms with Crippen LogP contribution in [0.2, 0.25) is 0 Å². The van der Waals surface area contributed by atoms with Crippen LogP contribution in [0.1, 0.15) is 26.7 Å². The Morgan fingerprint density at radius 3 is 2.63 bits per heavy atom. The molecule has 0 bridgehead atoms. The van der Waals surface area contributed by atoms with Crippen molar-refractivity contribution < 1.29 is 19.4 Å². The van der Waals surface area contributed by atoms with E-state index >= 15 is 0 Å². The summed E-state index contributed by atoms with van der Waals surface area (Å²) in [6, 6.07) is 9.77. The molecular weight excluding hydrogens is 404 g/mol. The fraction of sp³-hybridized carbons (Fsp3) is 0.571. The Morgan fingerprint density at radius 2 is 2.03 bits per heavy atom. The van der Waals surface area contributed by atoms with Gasteiger partial charge in [0, 0.05) is 37.4 Å². The van der Waals surface area contributed by atoms with Crippen molar-refractivity contribution in [2.75, 3.05) is 43.5 Å². The number of aliphatic hydroxyl groups is 1. The Balaban J connectivity index is 1.90. The summed E-state index contributed by atoms with van der Waals surface area (Å²) in [5.41, 5.74) is 1.85. The van der Waals surface area contributed by atoms with Crippen molar-refractivity contribution in [3.63, 3.8) is 0 Å². The number of rotatable bonds is 12. The van der Waals surface area contributed by atoms with Crippen LogP contribution in [0.15, 0.2) is 24.3 Å². The summed E-state index contributed by atoms with van der Waals surface area (Å²) in [4.78, 5) is 26.5. The van der Waals surface area contributed by atoms with Crippen LogP contribution in [0, 0.1) is 17.2 Å². The number of amides is 1. The van der Waals surface area contributed by atoms with Gasteiger partial charge in [-0.1, -0.05) is 6.07 Å². The molecule has 1 aliphatic rings. The Kier molecular flexibility index (Phi) is 9.77. The molecule has 3 unspecified atom stereocenters. The molecule has 0 spiro atoms. The molecule has 30 heavy (non-hydrogen) atoms. The minimum absolute atomic E-state index is 0.0493. The molecule has 3 atom stereocenters. The lowest BCUT2D eigenvalue weighted by Gasteiger charge is -2.23. The summed E-state index contributed by atoms with van der Waals surface area (Å²) in [5.74, 6) is -1.34. The van der Waals surface area contributed by atoms with Crippen LogP contribution in [-0.2, 0) is 14.3 Å². The predicted molar refractivity (Wildman–Crippen MR) is 118 cm³/mol. The van der Waals surface area contributed by atoms with Gasteiger partial charge in [0.15, 0.2) is 0 Å². The average Bonchev–Trinajstić information content (AvgIpc) is 3.05. The van der Waals surface area contributed by atoms with Crippen LogP contribution in [-0.4, -0.2) is 65.4 Å². The number of hydrogen-bond acceptors (Lipinski definition) is 8. The Morgan fingerprint density at radius 1 is 1.33 bits per heavy atom. The third-order valence-electron chi connectivity index (χ3n) is 4.77. The van der Waals surface area contributed by atoms with E-state index in [1.54, 1.807) is 11.8 Å². The normalized spacial score (nSPS) is 19.3. The zero-order chi connectivity index (χ0) is 21.9. The number of aliphatic hydroxyl groups excluding tert-OH is 1. The van der Waals surface area contributed by atoms with Crippen molar-refractivity contribution in [1.82, 2.24) is 4.90 Å². The molecule has 164 valence electrons. The summed E-state index contributed by atoms with van der Waals surface area (Å²) in [5, 5.41) is 24.3. The maximum Gasteiger partial charge on any atom is 0.323 e. The van der Waals surface area contributed by atoms with Gasteiger partial charge in [-0.25, -0.2) is 0 Å². The zero-order valence-corrected chi connectivity index (χ0v) is 18.3. The molecule has 1 saturated heterocycles. The van der Waals surface area contributed by atoms with E-state index in [1.165, 1.54) is 11.8 Å². The molecular formula is C21H30N4O4S. The number of nitriles is 1. The molecule has 1 aromatic rings. The number of ether oxygens (including phenoxy) is 1. The lowest BCUT2D eigenvalue weighted by molar-refractivity contribution is -0.146. The molecule has 1 heterocycles. The first-order valence-electron chi connectivity index (χ1n) is 10.2. The van der Waals surface area contributed by atoms with Gasteiger partial charge in [0.05, 0.1) is 29.9 Å². The molecule has 0 aromatic heterocycles. The minimum Gasteiger partial charge on any atom is -0.465 e. The number of esters is 1. The maximum absolute atomic E-state index is 12.8. The molecule has 1 aliphatic heterocycles. The standard InChI is InChI=1S/C21H30N4O4S/c1-3-25-19(12-15(14-22)21(28)29-4-2)30-18(20(25)27)8-9-23-16-6-5-7-17(13-16)24-10-11-26/h5-7,13,15,18-19,23-24,26H,3-4,8-12H2,1-2H3. The van der Waals surface area contributed by atoms with Crippen LogP contribution in [0.25, 0.3) is 0 Å². The third kappa shape index (κ3) is 6.54. The summed E-state index contributed by atoms with van der Waals surface area (Å²) < 4.78 is 4.97. The number of nitrogens with one attached hydrogen (secondary N) is 2. The van der Waals surface area contributed by atoms with Crippen molar-refractivity contribution >= 4 is 35.0 Å². The number of carbonyl (C=O) groups excluding carboxylic acids is 2. The largest absolute Gasteiger partial charge is 0.465 e. The van der Waals surface area contributed by atoms with Crippen LogP contribution < -0.4 is 10.6 Å². The highest BCUT2D eigenvalue weighted by Gasteiger charge is 2.41. The van der Waals surface area contributed by atoms with Gasteiger partial charge in [-0.3, -0.25) is 9.59 Å². The van der Waals surface area contributed by atoms with E-state index in [2.05, 4.69) is 10.6 Å². The molecule has 1 aromatic carbocycles. The van der Waals surface area contributed by atoms with Crippen molar-refractivity contribution in [3.05, 3.63) is 24.3 Å². The molecule has 0 saturated carbocycles. The fourth-order valence-electron chi connectivity index (χ4n) is 3.32. The molecule has 0 radical (unpaired) electrons. The van der Waals surface area contributed by atoms with Gasteiger partial charge >= 0.3 is 5.97 Å². The molecule has 3 N–H and O–H groups in total. The van der Waals surface area contributed by atoms with Crippen LogP contribution in [0.4, 0.5) is 11.4 Å². The average molecular weight is 435 g/mol. The van der Waals surface area contributed by atoms with Crippen LogP contribution in [0.5, 0.6) is 0 Å². The number of hydrogen-bond donors (Lipinski definition) is 3. The van der Waals surface area contributed by atoms with Crippen molar-refractivity contribution in [2.24, 2.45) is 5.92 Å². The summed E-state index contributed by atoms with van der Waals surface area (Å²) in [6.45, 7) is 5.56. The Hall–Kier alpha value is -2.44. The van der Waals surface area contributed by atoms with Gasteiger partial charge in [0.2, 0.25) is 5.91 Å². The minimum atomic E-state index is -0.865. The van der Waals surface area contributed by atoms with Gasteiger partial charge in [0.25, 0.3) is 0 Å². The highest BCUT2D eigenvalue weighted by Crippen LogP contribution is 2.37. The van der Waals surface area contributed by atoms with E-state index < -0.39 is 11.9 Å². The van der Waals surface area contributed by atoms with E-state index in [1.807, 2.05) is 37.3 Å². The van der Waals surface area contributed by atoms with Crippen molar-refractivity contribution in [2.45, 2.75) is 37.3 Å². The van der Waals surface area contributed by atoms with Crippen LogP contribution >= 0.6 is 11.8 Å². The first-order chi connectivity index (χ1) is 14.5. The molecule has 8 nitrogen and oxygen atoms in total. The topological polar surface area (TPSA) is 115 Å². The first kappa shape index (κ1) is 23.8. The maximum atomic E-state index is 12.8. The second-order valence-corrected chi connectivity index (χ2v) is 8.21. The number of nitrogens with zero attached hydrogens (tertiary/aromatic N) is 2. The zero-order valence-electron chi connectivity index (χ0n) is 17.5. The lowest BCUT2D eigenvalue weighted by atomic mass is 10.1. The summed E-state index contributed by atoms with van der Waals surface area (Å²) in [6.07, 6.45) is 0.920. The summed E-state index contributed by atoms with van der Waals surface area (Å²) in [7, 11) is 0. The molecule has 1 amide bonds. The summed E-state index contributed by atoms with van der Waals surface area (Å²) >= 11 is 1.52. The monoisotopic (exact) mass is 434 g/mol. The lowest BCUT2D eigenvalue weighted by Crippen LogP contribution is -2.36. The number of carbonyl (C=O) groups is 2. The van der Waals surface area contributed by atoms with Crippen molar-refractivity contribution in [1.29, 1.82) is 5.26 Å². The number of thioether (sulfide) groups is 1. The number of benzene rings is 1. The van der Waals surface area contributed by atoms with Crippen molar-refractivity contribution in [3.8, 4) is 6.07 Å². The van der Waals surface area contributed by atoms with Crippen LogP contribution in [0.3, 0.4) is 0 Å². The molecule has 1 fully saturated rings. The van der Waals surface area contributed by atoms with Gasteiger partial charge in [-0.05, 0) is 38.5 Å². The second-order valence-electron chi connectivity index (χ2n) is 6.82. The van der Waals surface area contributed by atoms with Gasteiger partial charge in [-0.15, -0.1) is 11.8 Å². The Bertz CT molecular complexity index is 755. The third-order valence-corrected chi connectivity index (χ3v) is 6.30. The van der Waals surface area contributed by atoms with Gasteiger partial charge < -0.3 is 25.4 Å². The SMILES string of the molecule is CCOC(=O)C(C#N)CC1SC(CCNc2cccc(NCCO)c2)C(=O)N1CC. The van der Waals surface area contributed by atoms with E-state index in [4.69, 9.17) is 9.84 Å². The van der Waals surface area contributed by atoms with E-state index in [0.717, 1.165) is 11.4 Å². The first-order valence-corrected chi connectivity index (χ1v) is 11.2. The quantitative estimate of drug-likeness (QED) is 0.429. The predicted octanol–water partition coefficient (Wildman–Crippen LogP) is 2.28. The van der Waals surface area contributed by atoms with E-state index in [9.17, 15) is 14.9 Å². The second kappa shape index (κ2) is 12.3. The Labute approximate surface area is 182 Å². The molecule has 9 heteroatoms. The highest BCUT2D eigenvalue weighted by atomic mass is 32.2. The molecule has 2 rings (SSSR count). The fourth-order valence-corrected chi connectivity index (χ4v) is 4.90. The van der Waals surface area contributed by atoms with E-state index in [0.29, 0.717) is 26.1 Å². The molecule has 0 aliphatic carbocycles. The smallest absolute Gasteiger partial charge is 0.323 e. The van der Waals surface area contributed by atoms with Gasteiger partial charge in [-0.2, -0.15) is 5.26 Å².